The molecule has 1 heterocycles. The fourth-order valence-electron chi connectivity index (χ4n) is 5.02. The number of rotatable bonds is 6. The third-order valence-electron chi connectivity index (χ3n) is 6.84. The van der Waals surface area contributed by atoms with Gasteiger partial charge >= 0.3 is 6.09 Å². The van der Waals surface area contributed by atoms with Crippen LogP contribution in [0, 0.1) is 0 Å². The van der Waals surface area contributed by atoms with Gasteiger partial charge in [0.15, 0.2) is 0 Å². The quantitative estimate of drug-likeness (QED) is 0.582. The van der Waals surface area contributed by atoms with Crippen molar-refractivity contribution >= 4 is 6.09 Å². The van der Waals surface area contributed by atoms with Crippen molar-refractivity contribution in [3.8, 4) is 11.1 Å². The van der Waals surface area contributed by atoms with E-state index < -0.39 is 6.09 Å². The molecule has 0 bridgehead atoms. The van der Waals surface area contributed by atoms with E-state index in [-0.39, 0.29) is 12.0 Å². The predicted molar refractivity (Wildman–Crippen MR) is 129 cm³/mol. The minimum atomic E-state index is -0.396. The van der Waals surface area contributed by atoms with E-state index >= 15 is 0 Å². The van der Waals surface area contributed by atoms with Gasteiger partial charge in [-0.3, -0.25) is 4.90 Å². The molecular weight excluding hydrogens is 412 g/mol. The number of hydrogen-bond donors (Lipinski definition) is 2. The third-order valence-corrected chi connectivity index (χ3v) is 6.84. The van der Waals surface area contributed by atoms with Crippen molar-refractivity contribution in [2.24, 2.45) is 0 Å². The first-order valence-electron chi connectivity index (χ1n) is 11.7. The number of ether oxygens (including phenoxy) is 1. The topological polar surface area (TPSA) is 61.8 Å². The summed E-state index contributed by atoms with van der Waals surface area (Å²) in [5.74, 6) is 0.0601. The van der Waals surface area contributed by atoms with Crippen LogP contribution in [0.2, 0.25) is 0 Å². The van der Waals surface area contributed by atoms with Crippen molar-refractivity contribution in [1.29, 1.82) is 0 Å². The number of nitrogens with one attached hydrogen (secondary N) is 1. The lowest BCUT2D eigenvalue weighted by molar-refractivity contribution is 0.0791. The number of alkyl carbamates (subject to hydrolysis) is 1. The minimum absolute atomic E-state index is 0.0601. The van der Waals surface area contributed by atoms with E-state index in [9.17, 15) is 9.90 Å². The maximum atomic E-state index is 12.6. The number of carbonyl (C=O) groups is 1. The Morgan fingerprint density at radius 2 is 1.45 bits per heavy atom. The van der Waals surface area contributed by atoms with E-state index in [0.29, 0.717) is 13.2 Å². The summed E-state index contributed by atoms with van der Waals surface area (Å²) < 4.78 is 5.67. The lowest BCUT2D eigenvalue weighted by atomic mass is 9.98. The normalized spacial score (nSPS) is 16.3. The number of aliphatic hydroxyl groups excluding tert-OH is 1. The second-order valence-corrected chi connectivity index (χ2v) is 8.96. The van der Waals surface area contributed by atoms with Crippen molar-refractivity contribution in [3.05, 3.63) is 95.1 Å². The molecule has 0 spiro atoms. The molecule has 3 aromatic carbocycles. The van der Waals surface area contributed by atoms with Crippen LogP contribution in [-0.2, 0) is 17.8 Å². The predicted octanol–water partition coefficient (Wildman–Crippen LogP) is 4.68. The van der Waals surface area contributed by atoms with E-state index in [2.05, 4.69) is 58.7 Å². The summed E-state index contributed by atoms with van der Waals surface area (Å²) in [5, 5.41) is 12.7. The summed E-state index contributed by atoms with van der Waals surface area (Å²) >= 11 is 0. The molecule has 2 N–H and O–H groups in total. The van der Waals surface area contributed by atoms with Crippen LogP contribution in [-0.4, -0.2) is 41.9 Å². The molecule has 5 nitrogen and oxygen atoms in total. The zero-order valence-electron chi connectivity index (χ0n) is 18.7. The summed E-state index contributed by atoms with van der Waals surface area (Å²) in [5.41, 5.74) is 7.17. The van der Waals surface area contributed by atoms with Gasteiger partial charge in [-0.25, -0.2) is 4.79 Å². The van der Waals surface area contributed by atoms with Crippen LogP contribution in [0.1, 0.15) is 41.0 Å². The van der Waals surface area contributed by atoms with Crippen molar-refractivity contribution in [3.63, 3.8) is 0 Å². The maximum absolute atomic E-state index is 12.6. The number of fused-ring (bicyclic) bond motifs is 3. The van der Waals surface area contributed by atoms with Gasteiger partial charge in [0.05, 0.1) is 6.10 Å². The fraction of sp³-hybridized carbons (Fsp3) is 0.321. The number of piperidine rings is 1. The number of carbonyl (C=O) groups excluding carboxylic acids is 1. The molecule has 1 aliphatic heterocycles. The Balaban J connectivity index is 1.19. The molecule has 5 heteroatoms. The van der Waals surface area contributed by atoms with Crippen molar-refractivity contribution < 1.29 is 14.6 Å². The number of amides is 1. The van der Waals surface area contributed by atoms with Gasteiger partial charge in [0.25, 0.3) is 0 Å². The van der Waals surface area contributed by atoms with Crippen LogP contribution in [0.25, 0.3) is 11.1 Å². The van der Waals surface area contributed by atoms with Crippen LogP contribution in [0.4, 0.5) is 4.79 Å². The fourth-order valence-corrected chi connectivity index (χ4v) is 5.02. The van der Waals surface area contributed by atoms with Gasteiger partial charge in [-0.2, -0.15) is 0 Å². The highest BCUT2D eigenvalue weighted by atomic mass is 16.5. The number of aliphatic hydroxyl groups is 1. The van der Waals surface area contributed by atoms with Crippen LogP contribution in [0.5, 0.6) is 0 Å². The molecule has 1 fully saturated rings. The SMILES string of the molecule is O=C(NCc1ccccc1CN1CCC(O)CC1)OCC1c2ccccc2-c2ccccc21. The number of hydrogen-bond acceptors (Lipinski definition) is 4. The Kier molecular flexibility index (Phi) is 6.42. The first kappa shape index (κ1) is 21.7. The molecule has 1 saturated heterocycles. The molecule has 5 rings (SSSR count). The Bertz CT molecular complexity index is 1080. The van der Waals surface area contributed by atoms with Gasteiger partial charge in [0.2, 0.25) is 0 Å². The lowest BCUT2D eigenvalue weighted by Crippen LogP contribution is -2.35. The Morgan fingerprint density at radius 3 is 2.12 bits per heavy atom. The lowest BCUT2D eigenvalue weighted by Gasteiger charge is -2.30. The highest BCUT2D eigenvalue weighted by Gasteiger charge is 2.29. The molecule has 0 unspecified atom stereocenters. The molecule has 1 amide bonds. The second-order valence-electron chi connectivity index (χ2n) is 8.96. The first-order chi connectivity index (χ1) is 16.2. The first-order valence-corrected chi connectivity index (χ1v) is 11.7. The molecule has 1 aliphatic carbocycles. The molecule has 33 heavy (non-hydrogen) atoms. The van der Waals surface area contributed by atoms with Gasteiger partial charge in [0, 0.05) is 32.1 Å². The second kappa shape index (κ2) is 9.77. The van der Waals surface area contributed by atoms with E-state index in [1.54, 1.807) is 0 Å². The van der Waals surface area contributed by atoms with Crippen LogP contribution >= 0.6 is 0 Å². The molecule has 170 valence electrons. The van der Waals surface area contributed by atoms with Crippen molar-refractivity contribution in [1.82, 2.24) is 10.2 Å². The third kappa shape index (κ3) is 4.80. The summed E-state index contributed by atoms with van der Waals surface area (Å²) in [6.07, 6.45) is 1.07. The Morgan fingerprint density at radius 1 is 0.879 bits per heavy atom. The van der Waals surface area contributed by atoms with Crippen LogP contribution in [0.15, 0.2) is 72.8 Å². The Hall–Kier alpha value is -3.15. The van der Waals surface area contributed by atoms with E-state index in [4.69, 9.17) is 4.74 Å². The molecular formula is C28H30N2O3. The van der Waals surface area contributed by atoms with Gasteiger partial charge in [-0.1, -0.05) is 72.8 Å². The smallest absolute Gasteiger partial charge is 0.407 e. The summed E-state index contributed by atoms with van der Waals surface area (Å²) in [4.78, 5) is 14.9. The molecule has 0 atom stereocenters. The molecule has 0 aromatic heterocycles. The molecule has 2 aliphatic rings. The van der Waals surface area contributed by atoms with Gasteiger partial charge in [0.1, 0.15) is 6.61 Å². The summed E-state index contributed by atoms with van der Waals surface area (Å²) in [6, 6.07) is 24.9. The van der Waals surface area contributed by atoms with Crippen molar-refractivity contribution in [2.75, 3.05) is 19.7 Å². The number of nitrogens with zero attached hydrogens (tertiary/aromatic N) is 1. The highest BCUT2D eigenvalue weighted by Crippen LogP contribution is 2.44. The largest absolute Gasteiger partial charge is 0.449 e. The number of benzene rings is 3. The van der Waals surface area contributed by atoms with Gasteiger partial charge < -0.3 is 15.2 Å². The minimum Gasteiger partial charge on any atom is -0.449 e. The standard InChI is InChI=1S/C28H30N2O3/c31-22-13-15-30(16-14-22)18-21-8-2-1-7-20(21)17-29-28(32)33-19-27-25-11-5-3-9-23(25)24-10-4-6-12-26(24)27/h1-12,22,27,31H,13-19H2,(H,29,32). The monoisotopic (exact) mass is 442 g/mol. The zero-order chi connectivity index (χ0) is 22.6. The zero-order valence-corrected chi connectivity index (χ0v) is 18.7. The van der Waals surface area contributed by atoms with Crippen LogP contribution < -0.4 is 5.32 Å². The van der Waals surface area contributed by atoms with E-state index in [1.165, 1.54) is 27.8 Å². The van der Waals surface area contributed by atoms with E-state index in [1.807, 2.05) is 24.3 Å². The van der Waals surface area contributed by atoms with Crippen molar-refractivity contribution in [2.45, 2.75) is 38.0 Å². The molecule has 0 saturated carbocycles. The highest BCUT2D eigenvalue weighted by molar-refractivity contribution is 5.79. The number of likely N-dealkylation sites (tertiary alicyclic amines) is 1. The average molecular weight is 443 g/mol. The van der Waals surface area contributed by atoms with Crippen LogP contribution in [0.3, 0.4) is 0 Å². The Labute approximate surface area is 195 Å². The van der Waals surface area contributed by atoms with E-state index in [0.717, 1.165) is 38.0 Å². The van der Waals surface area contributed by atoms with Gasteiger partial charge in [-0.05, 0) is 46.2 Å². The summed E-state index contributed by atoms with van der Waals surface area (Å²) in [6.45, 7) is 3.38. The molecule has 3 aromatic rings. The van der Waals surface area contributed by atoms with Gasteiger partial charge in [-0.15, -0.1) is 0 Å². The maximum Gasteiger partial charge on any atom is 0.407 e. The molecule has 0 radical (unpaired) electrons. The summed E-state index contributed by atoms with van der Waals surface area (Å²) in [7, 11) is 0. The average Bonchev–Trinajstić information content (AvgIpc) is 3.17.